The molecule has 0 N–H and O–H groups in total. The molecule has 0 bridgehead atoms. The standard InChI is InChI=1S/C18H20ClN3S2/c1-11(2)22-17(16-10-23-13(4)12(16)3)20-21-18(22)24-9-14-5-7-15(19)8-6-14/h5-8,10-11H,9H2,1-4H3. The van der Waals surface area contributed by atoms with Crippen LogP contribution >= 0.6 is 34.7 Å². The minimum atomic E-state index is 0.308. The average molecular weight is 378 g/mol. The highest BCUT2D eigenvalue weighted by molar-refractivity contribution is 7.98. The SMILES string of the molecule is Cc1scc(-c2nnc(SCc3ccc(Cl)cc3)n2C(C)C)c1C. The van der Waals surface area contributed by atoms with Crippen LogP contribution in [-0.2, 0) is 5.75 Å². The summed E-state index contributed by atoms with van der Waals surface area (Å²) >= 11 is 9.43. The van der Waals surface area contributed by atoms with Crippen molar-refractivity contribution in [3.05, 3.63) is 50.7 Å². The molecule has 0 atom stereocenters. The van der Waals surface area contributed by atoms with Crippen LogP contribution in [0, 0.1) is 13.8 Å². The van der Waals surface area contributed by atoms with Gasteiger partial charge < -0.3 is 0 Å². The molecule has 0 unspecified atom stereocenters. The zero-order chi connectivity index (χ0) is 17.3. The molecule has 3 aromatic rings. The summed E-state index contributed by atoms with van der Waals surface area (Å²) in [5, 5.41) is 12.8. The highest BCUT2D eigenvalue weighted by atomic mass is 35.5. The van der Waals surface area contributed by atoms with Crippen molar-refractivity contribution in [3.63, 3.8) is 0 Å². The lowest BCUT2D eigenvalue weighted by molar-refractivity contribution is 0.555. The first kappa shape index (κ1) is 17.5. The molecule has 0 amide bonds. The highest BCUT2D eigenvalue weighted by Crippen LogP contribution is 2.34. The van der Waals surface area contributed by atoms with E-state index in [4.69, 9.17) is 11.6 Å². The van der Waals surface area contributed by atoms with E-state index >= 15 is 0 Å². The molecule has 0 radical (unpaired) electrons. The Morgan fingerprint density at radius 2 is 1.88 bits per heavy atom. The maximum Gasteiger partial charge on any atom is 0.192 e. The van der Waals surface area contributed by atoms with E-state index in [2.05, 4.69) is 60.0 Å². The predicted octanol–water partition coefficient (Wildman–Crippen LogP) is 6.15. The second-order valence-corrected chi connectivity index (χ2v) is 8.48. The van der Waals surface area contributed by atoms with Crippen LogP contribution in [0.15, 0.2) is 34.8 Å². The van der Waals surface area contributed by atoms with Gasteiger partial charge >= 0.3 is 0 Å². The van der Waals surface area contributed by atoms with Crippen molar-refractivity contribution >= 4 is 34.7 Å². The Morgan fingerprint density at radius 3 is 2.46 bits per heavy atom. The first-order valence-corrected chi connectivity index (χ1v) is 10.1. The summed E-state index contributed by atoms with van der Waals surface area (Å²) in [6.45, 7) is 8.65. The van der Waals surface area contributed by atoms with Gasteiger partial charge in [-0.05, 0) is 51.0 Å². The van der Waals surface area contributed by atoms with Crippen LogP contribution in [0.4, 0.5) is 0 Å². The fourth-order valence-electron chi connectivity index (χ4n) is 2.49. The van der Waals surface area contributed by atoms with Gasteiger partial charge in [0.15, 0.2) is 11.0 Å². The van der Waals surface area contributed by atoms with E-state index < -0.39 is 0 Å². The Kier molecular flexibility index (Phi) is 5.33. The minimum Gasteiger partial charge on any atom is -0.299 e. The zero-order valence-corrected chi connectivity index (χ0v) is 16.6. The van der Waals surface area contributed by atoms with E-state index in [1.165, 1.54) is 21.6 Å². The van der Waals surface area contributed by atoms with Crippen LogP contribution in [0.3, 0.4) is 0 Å². The summed E-state index contributed by atoms with van der Waals surface area (Å²) in [6.07, 6.45) is 0. The van der Waals surface area contributed by atoms with Crippen LogP contribution in [0.1, 0.15) is 35.9 Å². The molecule has 3 nitrogen and oxygen atoms in total. The summed E-state index contributed by atoms with van der Waals surface area (Å²) in [5.41, 5.74) is 3.72. The molecule has 0 aliphatic heterocycles. The van der Waals surface area contributed by atoms with Crippen LogP contribution < -0.4 is 0 Å². The fraction of sp³-hybridized carbons (Fsp3) is 0.333. The molecule has 0 aliphatic carbocycles. The first-order valence-electron chi connectivity index (χ1n) is 7.84. The molecule has 2 heterocycles. The molecule has 0 spiro atoms. The van der Waals surface area contributed by atoms with Gasteiger partial charge in [0.05, 0.1) is 0 Å². The summed E-state index contributed by atoms with van der Waals surface area (Å²) in [4.78, 5) is 1.33. The Labute approximate surface area is 156 Å². The number of rotatable bonds is 5. The lowest BCUT2D eigenvalue weighted by Crippen LogP contribution is -2.05. The monoisotopic (exact) mass is 377 g/mol. The molecule has 1 aromatic carbocycles. The number of hydrogen-bond acceptors (Lipinski definition) is 4. The average Bonchev–Trinajstić information content (AvgIpc) is 3.11. The van der Waals surface area contributed by atoms with E-state index in [9.17, 15) is 0 Å². The van der Waals surface area contributed by atoms with Gasteiger partial charge in [0, 0.05) is 32.6 Å². The minimum absolute atomic E-state index is 0.308. The van der Waals surface area contributed by atoms with Gasteiger partial charge in [-0.25, -0.2) is 0 Å². The van der Waals surface area contributed by atoms with Gasteiger partial charge in [-0.3, -0.25) is 4.57 Å². The van der Waals surface area contributed by atoms with Crippen molar-refractivity contribution in [2.75, 3.05) is 0 Å². The first-order chi connectivity index (χ1) is 11.5. The lowest BCUT2D eigenvalue weighted by atomic mass is 10.1. The number of aromatic nitrogens is 3. The molecular weight excluding hydrogens is 358 g/mol. The van der Waals surface area contributed by atoms with Gasteiger partial charge in [0.2, 0.25) is 0 Å². The van der Waals surface area contributed by atoms with Crippen molar-refractivity contribution in [2.24, 2.45) is 0 Å². The number of thioether (sulfide) groups is 1. The molecule has 24 heavy (non-hydrogen) atoms. The number of benzene rings is 1. The molecule has 6 heteroatoms. The number of nitrogens with zero attached hydrogens (tertiary/aromatic N) is 3. The highest BCUT2D eigenvalue weighted by Gasteiger charge is 2.19. The smallest absolute Gasteiger partial charge is 0.192 e. The van der Waals surface area contributed by atoms with Crippen LogP contribution in [-0.4, -0.2) is 14.8 Å². The topological polar surface area (TPSA) is 30.7 Å². The third-order valence-corrected chi connectivity index (χ3v) is 6.27. The van der Waals surface area contributed by atoms with Crippen molar-refractivity contribution in [1.29, 1.82) is 0 Å². The third kappa shape index (κ3) is 3.53. The van der Waals surface area contributed by atoms with E-state index in [0.29, 0.717) is 6.04 Å². The molecule has 3 rings (SSSR count). The van der Waals surface area contributed by atoms with Crippen molar-refractivity contribution < 1.29 is 0 Å². The summed E-state index contributed by atoms with van der Waals surface area (Å²) in [5.74, 6) is 1.81. The number of aryl methyl sites for hydroxylation is 1. The normalized spacial score (nSPS) is 11.4. The van der Waals surface area contributed by atoms with Crippen LogP contribution in [0.25, 0.3) is 11.4 Å². The molecule has 0 saturated carbocycles. The lowest BCUT2D eigenvalue weighted by Gasteiger charge is -2.13. The number of halogens is 1. The van der Waals surface area contributed by atoms with Gasteiger partial charge in [0.25, 0.3) is 0 Å². The summed E-state index contributed by atoms with van der Waals surface area (Å²) in [7, 11) is 0. The third-order valence-electron chi connectivity index (χ3n) is 3.99. The maximum absolute atomic E-state index is 5.95. The second kappa shape index (κ2) is 7.30. The van der Waals surface area contributed by atoms with E-state index in [0.717, 1.165) is 21.8 Å². The number of hydrogen-bond donors (Lipinski definition) is 0. The second-order valence-electron chi connectivity index (χ2n) is 6.02. The Morgan fingerprint density at radius 1 is 1.17 bits per heavy atom. The Bertz CT molecular complexity index is 835. The van der Waals surface area contributed by atoms with Gasteiger partial charge in [-0.2, -0.15) is 0 Å². The number of thiophene rings is 1. The van der Waals surface area contributed by atoms with Gasteiger partial charge in [0.1, 0.15) is 0 Å². The Hall–Kier alpha value is -1.30. The van der Waals surface area contributed by atoms with Crippen molar-refractivity contribution in [2.45, 2.75) is 44.6 Å². The maximum atomic E-state index is 5.95. The van der Waals surface area contributed by atoms with E-state index in [1.54, 1.807) is 23.1 Å². The molecule has 2 aromatic heterocycles. The molecule has 0 saturated heterocycles. The van der Waals surface area contributed by atoms with E-state index in [1.807, 2.05) is 12.1 Å². The van der Waals surface area contributed by atoms with Gasteiger partial charge in [-0.15, -0.1) is 21.5 Å². The largest absolute Gasteiger partial charge is 0.299 e. The molecule has 126 valence electrons. The van der Waals surface area contributed by atoms with Crippen LogP contribution in [0.5, 0.6) is 0 Å². The van der Waals surface area contributed by atoms with Crippen molar-refractivity contribution in [1.82, 2.24) is 14.8 Å². The molecule has 0 fully saturated rings. The quantitative estimate of drug-likeness (QED) is 0.499. The van der Waals surface area contributed by atoms with Crippen molar-refractivity contribution in [3.8, 4) is 11.4 Å². The van der Waals surface area contributed by atoms with E-state index in [-0.39, 0.29) is 0 Å². The molecule has 0 aliphatic rings. The zero-order valence-electron chi connectivity index (χ0n) is 14.2. The molecular formula is C18H20ClN3S2. The summed E-state index contributed by atoms with van der Waals surface area (Å²) in [6, 6.07) is 8.26. The van der Waals surface area contributed by atoms with Gasteiger partial charge in [-0.1, -0.05) is 35.5 Å². The fourth-order valence-corrected chi connectivity index (χ4v) is 4.50. The van der Waals surface area contributed by atoms with Crippen LogP contribution in [0.2, 0.25) is 5.02 Å². The predicted molar refractivity (Wildman–Crippen MR) is 104 cm³/mol. The Balaban J connectivity index is 1.89. The summed E-state index contributed by atoms with van der Waals surface area (Å²) < 4.78 is 2.23.